The molecule has 1 aliphatic heterocycles. The van der Waals surface area contributed by atoms with Gasteiger partial charge in [-0.1, -0.05) is 68.2 Å². The van der Waals surface area contributed by atoms with Crippen LogP contribution in [-0.4, -0.2) is 23.4 Å². The highest BCUT2D eigenvalue weighted by Crippen LogP contribution is 2.28. The van der Waals surface area contributed by atoms with Crippen molar-refractivity contribution in [1.29, 1.82) is 0 Å². The predicted octanol–water partition coefficient (Wildman–Crippen LogP) is 5.54. The summed E-state index contributed by atoms with van der Waals surface area (Å²) in [6.07, 6.45) is 3.72. The fraction of sp³-hybridized carbons (Fsp3) is 0.304. The lowest BCUT2D eigenvalue weighted by atomic mass is 9.98. The van der Waals surface area contributed by atoms with Gasteiger partial charge in [0.2, 0.25) is 0 Å². The first-order valence-electron chi connectivity index (χ1n) is 9.76. The minimum atomic E-state index is -0.143. The maximum Gasteiger partial charge on any atom is 0.263 e. The van der Waals surface area contributed by atoms with Crippen molar-refractivity contribution in [1.82, 2.24) is 5.32 Å². The summed E-state index contributed by atoms with van der Waals surface area (Å²) in [6, 6.07) is 15.9. The van der Waals surface area contributed by atoms with Crippen molar-refractivity contribution in [2.45, 2.75) is 32.6 Å². The Morgan fingerprint density at radius 2 is 1.83 bits per heavy atom. The van der Waals surface area contributed by atoms with Gasteiger partial charge in [-0.3, -0.25) is 4.79 Å². The molecule has 1 fully saturated rings. The first kappa shape index (κ1) is 21.4. The Labute approximate surface area is 181 Å². The summed E-state index contributed by atoms with van der Waals surface area (Å²) in [5, 5.41) is 2.61. The number of para-hydroxylation sites is 1. The molecule has 2 aromatic carbocycles. The second-order valence-electron chi connectivity index (χ2n) is 6.82. The van der Waals surface area contributed by atoms with Crippen LogP contribution >= 0.6 is 24.0 Å². The number of thioether (sulfide) groups is 1. The second-order valence-corrected chi connectivity index (χ2v) is 8.54. The number of carbonyl (C=O) groups is 1. The molecule has 0 aliphatic carbocycles. The van der Waals surface area contributed by atoms with Crippen LogP contribution in [0, 0.1) is 0 Å². The van der Waals surface area contributed by atoms with Crippen molar-refractivity contribution in [3.8, 4) is 11.5 Å². The number of carbonyl (C=O) groups excluding carboxylic acids is 1. The lowest BCUT2D eigenvalue weighted by molar-refractivity contribution is -0.115. The Morgan fingerprint density at radius 1 is 1.10 bits per heavy atom. The third-order valence-corrected chi connectivity index (χ3v) is 5.86. The molecule has 0 bridgehead atoms. The Hall–Kier alpha value is -2.31. The van der Waals surface area contributed by atoms with E-state index in [-0.39, 0.29) is 5.91 Å². The van der Waals surface area contributed by atoms with Gasteiger partial charge in [0.15, 0.2) is 0 Å². The molecule has 0 spiro atoms. The van der Waals surface area contributed by atoms with Gasteiger partial charge in [0, 0.05) is 6.42 Å². The average molecular weight is 428 g/mol. The van der Waals surface area contributed by atoms with E-state index in [9.17, 15) is 4.79 Å². The molecule has 1 saturated heterocycles. The smallest absolute Gasteiger partial charge is 0.263 e. The van der Waals surface area contributed by atoms with Gasteiger partial charge in [0.25, 0.3) is 5.91 Å². The molecule has 1 N–H and O–H groups in total. The van der Waals surface area contributed by atoms with Gasteiger partial charge >= 0.3 is 0 Å². The van der Waals surface area contributed by atoms with E-state index in [0.717, 1.165) is 29.9 Å². The molecule has 3 rings (SSSR count). The first-order valence-corrected chi connectivity index (χ1v) is 11.0. The van der Waals surface area contributed by atoms with Crippen LogP contribution in [0.15, 0.2) is 53.4 Å². The van der Waals surface area contributed by atoms with Crippen LogP contribution in [0.25, 0.3) is 6.08 Å². The standard InChI is InChI=1S/C23H25NO3S2/c1-3-16(2)19-7-4-5-8-20(19)27-14-6-13-26-18-11-9-17(10-12-18)15-21-22(25)24-23(28)29-21/h4-5,7-12,15-16H,3,6,13-14H2,1-2H3,(H,24,25,28). The summed E-state index contributed by atoms with van der Waals surface area (Å²) in [5.41, 5.74) is 2.19. The third-order valence-electron chi connectivity index (χ3n) is 4.70. The predicted molar refractivity (Wildman–Crippen MR) is 124 cm³/mol. The number of benzene rings is 2. The highest BCUT2D eigenvalue weighted by Gasteiger charge is 2.21. The van der Waals surface area contributed by atoms with Crippen LogP contribution in [0.4, 0.5) is 0 Å². The van der Waals surface area contributed by atoms with Crippen LogP contribution in [0.2, 0.25) is 0 Å². The molecular formula is C23H25NO3S2. The minimum Gasteiger partial charge on any atom is -0.493 e. The summed E-state index contributed by atoms with van der Waals surface area (Å²) in [6.45, 7) is 5.60. The molecule has 1 unspecified atom stereocenters. The van der Waals surface area contributed by atoms with Crippen LogP contribution in [0.1, 0.15) is 43.7 Å². The van der Waals surface area contributed by atoms with E-state index >= 15 is 0 Å². The molecule has 1 aliphatic rings. The monoisotopic (exact) mass is 427 g/mol. The topological polar surface area (TPSA) is 47.6 Å². The molecule has 29 heavy (non-hydrogen) atoms. The van der Waals surface area contributed by atoms with Crippen molar-refractivity contribution < 1.29 is 14.3 Å². The van der Waals surface area contributed by atoms with Crippen LogP contribution < -0.4 is 14.8 Å². The maximum atomic E-state index is 11.7. The van der Waals surface area contributed by atoms with Crippen molar-refractivity contribution in [2.75, 3.05) is 13.2 Å². The van der Waals surface area contributed by atoms with Gasteiger partial charge < -0.3 is 14.8 Å². The SMILES string of the molecule is CCC(C)c1ccccc1OCCCOc1ccc(C=C2SC(=S)NC2=O)cc1. The quantitative estimate of drug-likeness (QED) is 0.324. The number of hydrogen-bond acceptors (Lipinski definition) is 5. The normalized spacial score (nSPS) is 16.0. The Kier molecular flexibility index (Phi) is 7.72. The second kappa shape index (κ2) is 10.5. The third kappa shape index (κ3) is 6.08. The van der Waals surface area contributed by atoms with Gasteiger partial charge in [0.05, 0.1) is 18.1 Å². The van der Waals surface area contributed by atoms with Crippen molar-refractivity contribution in [3.63, 3.8) is 0 Å². The number of rotatable bonds is 9. The Morgan fingerprint density at radius 3 is 2.52 bits per heavy atom. The zero-order valence-electron chi connectivity index (χ0n) is 16.6. The number of nitrogens with one attached hydrogen (secondary N) is 1. The first-order chi connectivity index (χ1) is 14.1. The molecule has 1 heterocycles. The molecule has 6 heteroatoms. The summed E-state index contributed by atoms with van der Waals surface area (Å²) in [7, 11) is 0. The van der Waals surface area contributed by atoms with Gasteiger partial charge in [-0.2, -0.15) is 0 Å². The fourth-order valence-corrected chi connectivity index (χ4v) is 3.95. The summed E-state index contributed by atoms with van der Waals surface area (Å²) in [5.74, 6) is 2.11. The number of thiocarbonyl (C=S) groups is 1. The molecular weight excluding hydrogens is 402 g/mol. The minimum absolute atomic E-state index is 0.143. The summed E-state index contributed by atoms with van der Waals surface area (Å²) >= 11 is 6.28. The Balaban J connectivity index is 1.44. The fourth-order valence-electron chi connectivity index (χ4n) is 2.90. The largest absolute Gasteiger partial charge is 0.493 e. The molecule has 2 aromatic rings. The van der Waals surface area contributed by atoms with E-state index in [0.29, 0.717) is 28.4 Å². The van der Waals surface area contributed by atoms with Crippen molar-refractivity contribution >= 4 is 40.3 Å². The van der Waals surface area contributed by atoms with Crippen LogP contribution in [0.5, 0.6) is 11.5 Å². The molecule has 0 aromatic heterocycles. The molecule has 1 amide bonds. The van der Waals surface area contributed by atoms with Gasteiger partial charge in [-0.15, -0.1) is 0 Å². The van der Waals surface area contributed by atoms with Crippen LogP contribution in [-0.2, 0) is 4.79 Å². The number of ether oxygens (including phenoxy) is 2. The highest BCUT2D eigenvalue weighted by atomic mass is 32.2. The average Bonchev–Trinajstić information content (AvgIpc) is 3.05. The zero-order valence-corrected chi connectivity index (χ0v) is 18.3. The van der Waals surface area contributed by atoms with Crippen LogP contribution in [0.3, 0.4) is 0 Å². The molecule has 152 valence electrons. The molecule has 1 atom stereocenters. The summed E-state index contributed by atoms with van der Waals surface area (Å²) in [4.78, 5) is 12.3. The molecule has 0 saturated carbocycles. The highest BCUT2D eigenvalue weighted by molar-refractivity contribution is 8.26. The number of amides is 1. The van der Waals surface area contributed by atoms with E-state index in [2.05, 4.69) is 31.3 Å². The Bertz CT molecular complexity index is 893. The van der Waals surface area contributed by atoms with E-state index < -0.39 is 0 Å². The summed E-state index contributed by atoms with van der Waals surface area (Å²) < 4.78 is 12.3. The zero-order chi connectivity index (χ0) is 20.6. The maximum absolute atomic E-state index is 11.7. The number of hydrogen-bond donors (Lipinski definition) is 1. The van der Waals surface area contributed by atoms with E-state index in [1.165, 1.54) is 17.3 Å². The van der Waals surface area contributed by atoms with E-state index in [1.54, 1.807) is 0 Å². The van der Waals surface area contributed by atoms with Crippen molar-refractivity contribution in [2.24, 2.45) is 0 Å². The van der Waals surface area contributed by atoms with Gasteiger partial charge in [-0.05, 0) is 47.7 Å². The van der Waals surface area contributed by atoms with Gasteiger partial charge in [-0.25, -0.2) is 0 Å². The lowest BCUT2D eigenvalue weighted by Crippen LogP contribution is -2.17. The molecule has 4 nitrogen and oxygen atoms in total. The van der Waals surface area contributed by atoms with E-state index in [1.807, 2.05) is 42.5 Å². The lowest BCUT2D eigenvalue weighted by Gasteiger charge is -2.15. The van der Waals surface area contributed by atoms with Crippen molar-refractivity contribution in [3.05, 3.63) is 64.6 Å². The van der Waals surface area contributed by atoms with Gasteiger partial charge in [0.1, 0.15) is 15.8 Å². The van der Waals surface area contributed by atoms with E-state index in [4.69, 9.17) is 21.7 Å². The molecule has 0 radical (unpaired) electrons.